The quantitative estimate of drug-likeness (QED) is 0.671. The van der Waals surface area contributed by atoms with E-state index in [0.29, 0.717) is 0 Å². The molecule has 0 bridgehead atoms. The number of alkyl halides is 3. The van der Waals surface area contributed by atoms with E-state index >= 15 is 0 Å². The van der Waals surface area contributed by atoms with Crippen LogP contribution in [0.5, 0.6) is 0 Å². The van der Waals surface area contributed by atoms with Crippen molar-refractivity contribution < 1.29 is 0 Å². The molecule has 2 radical (unpaired) electrons. The van der Waals surface area contributed by atoms with Crippen molar-refractivity contribution in [3.8, 4) is 0 Å². The van der Waals surface area contributed by atoms with Crippen molar-refractivity contribution in [2.24, 2.45) is 0 Å². The minimum absolute atomic E-state index is 0.122. The SMILES string of the molecule is Cl[CH]C(Cl)(Cl)C(Cl)[C](Cl)Cl. The Morgan fingerprint density at radius 3 is 1.80 bits per heavy atom. The van der Waals surface area contributed by atoms with Gasteiger partial charge in [-0.05, 0) is 0 Å². The summed E-state index contributed by atoms with van der Waals surface area (Å²) in [5.74, 6) is 0.985. The number of hydrogen-bond donors (Lipinski definition) is 0. The molecule has 0 fully saturated rings. The molecule has 0 N–H and O–H groups in total. The summed E-state index contributed by atoms with van der Waals surface area (Å²) in [4.78, 5) is -0.122. The molecule has 6 heteroatoms. The van der Waals surface area contributed by atoms with E-state index in [4.69, 9.17) is 69.6 Å². The van der Waals surface area contributed by atoms with Gasteiger partial charge in [-0.2, -0.15) is 0 Å². The van der Waals surface area contributed by atoms with Crippen molar-refractivity contribution in [1.29, 1.82) is 0 Å². The number of halogens is 6. The van der Waals surface area contributed by atoms with Crippen molar-refractivity contribution in [3.05, 3.63) is 10.7 Å². The second kappa shape index (κ2) is 4.69. The summed E-state index contributed by atoms with van der Waals surface area (Å²) in [6.07, 6.45) is 0. The Morgan fingerprint density at radius 1 is 1.30 bits per heavy atom. The molecule has 0 amide bonds. The lowest BCUT2D eigenvalue weighted by Gasteiger charge is -2.21. The van der Waals surface area contributed by atoms with Crippen LogP contribution in [0.3, 0.4) is 0 Å². The fourth-order valence-electron chi connectivity index (χ4n) is 0.201. The first-order chi connectivity index (χ1) is 4.41. The van der Waals surface area contributed by atoms with Crippen molar-refractivity contribution in [1.82, 2.24) is 0 Å². The molecular formula is C4H2Cl6. The first-order valence-electron chi connectivity index (χ1n) is 2.06. The zero-order chi connectivity index (χ0) is 8.36. The van der Waals surface area contributed by atoms with Gasteiger partial charge < -0.3 is 0 Å². The van der Waals surface area contributed by atoms with Crippen molar-refractivity contribution >= 4 is 69.6 Å². The molecule has 0 aromatic carbocycles. The predicted molar refractivity (Wildman–Crippen MR) is 49.2 cm³/mol. The van der Waals surface area contributed by atoms with Gasteiger partial charge in [-0.25, -0.2) is 0 Å². The second-order valence-electron chi connectivity index (χ2n) is 1.44. The molecule has 1 unspecified atom stereocenters. The molecule has 0 aromatic rings. The fourth-order valence-corrected chi connectivity index (χ4v) is 1.24. The van der Waals surface area contributed by atoms with Crippen LogP contribution in [0.1, 0.15) is 0 Å². The summed E-state index contributed by atoms with van der Waals surface area (Å²) in [5.41, 5.74) is 0. The van der Waals surface area contributed by atoms with Crippen LogP contribution in [0.2, 0.25) is 0 Å². The average Bonchev–Trinajstić information content (AvgIpc) is 1.86. The summed E-state index contributed by atoms with van der Waals surface area (Å²) < 4.78 is -1.43. The third-order valence-electron chi connectivity index (χ3n) is 0.675. The molecule has 0 rings (SSSR count). The van der Waals surface area contributed by atoms with Crippen molar-refractivity contribution in [2.75, 3.05) is 0 Å². The third-order valence-corrected chi connectivity index (χ3v) is 3.34. The largest absolute Gasteiger partial charge is 0.171 e. The number of hydrogen-bond acceptors (Lipinski definition) is 0. The highest BCUT2D eigenvalue weighted by Crippen LogP contribution is 2.41. The van der Waals surface area contributed by atoms with Crippen LogP contribution in [-0.4, -0.2) is 9.71 Å². The fraction of sp³-hybridized carbons (Fsp3) is 0.500. The van der Waals surface area contributed by atoms with Gasteiger partial charge in [0.05, 0.1) is 5.88 Å². The van der Waals surface area contributed by atoms with Crippen molar-refractivity contribution in [2.45, 2.75) is 9.71 Å². The molecule has 0 heterocycles. The summed E-state index contributed by atoms with van der Waals surface area (Å²) >= 11 is 32.4. The first kappa shape index (κ1) is 11.7. The molecule has 0 nitrogen and oxygen atoms in total. The van der Waals surface area contributed by atoms with Gasteiger partial charge in [0.15, 0.2) is 9.17 Å². The van der Waals surface area contributed by atoms with Crippen LogP contribution in [0.15, 0.2) is 0 Å². The summed E-state index contributed by atoms with van der Waals surface area (Å²) in [5, 5.41) is -0.906. The van der Waals surface area contributed by atoms with Gasteiger partial charge >= 0.3 is 0 Å². The number of rotatable bonds is 3. The average molecular weight is 263 g/mol. The van der Waals surface area contributed by atoms with E-state index in [-0.39, 0.29) is 4.84 Å². The summed E-state index contributed by atoms with van der Waals surface area (Å²) in [7, 11) is 0. The van der Waals surface area contributed by atoms with Gasteiger partial charge in [0, 0.05) is 0 Å². The maximum Gasteiger partial charge on any atom is 0.171 e. The smallest absolute Gasteiger partial charge is 0.118 e. The van der Waals surface area contributed by atoms with Crippen LogP contribution in [0.25, 0.3) is 0 Å². The maximum atomic E-state index is 5.53. The van der Waals surface area contributed by atoms with E-state index in [1.54, 1.807) is 0 Å². The molecule has 0 aromatic heterocycles. The van der Waals surface area contributed by atoms with E-state index in [9.17, 15) is 0 Å². The second-order valence-corrected chi connectivity index (χ2v) is 4.54. The van der Waals surface area contributed by atoms with Gasteiger partial charge in [-0.3, -0.25) is 0 Å². The van der Waals surface area contributed by atoms with Crippen LogP contribution >= 0.6 is 69.6 Å². The molecule has 0 saturated heterocycles. The van der Waals surface area contributed by atoms with Crippen LogP contribution in [-0.2, 0) is 0 Å². The minimum Gasteiger partial charge on any atom is -0.118 e. The molecule has 0 spiro atoms. The van der Waals surface area contributed by atoms with E-state index < -0.39 is 9.71 Å². The van der Waals surface area contributed by atoms with Gasteiger partial charge in [-0.1, -0.05) is 46.4 Å². The Balaban J connectivity index is 4.03. The highest BCUT2D eigenvalue weighted by atomic mass is 35.5. The molecule has 0 saturated carbocycles. The molecule has 0 aliphatic rings. The van der Waals surface area contributed by atoms with Crippen LogP contribution < -0.4 is 0 Å². The molecule has 10 heavy (non-hydrogen) atoms. The van der Waals surface area contributed by atoms with E-state index in [1.807, 2.05) is 0 Å². The van der Waals surface area contributed by atoms with Crippen molar-refractivity contribution in [3.63, 3.8) is 0 Å². The molecule has 60 valence electrons. The Bertz CT molecular complexity index is 99.9. The van der Waals surface area contributed by atoms with Crippen LogP contribution in [0, 0.1) is 10.7 Å². The molecular weight excluding hydrogens is 261 g/mol. The zero-order valence-corrected chi connectivity index (χ0v) is 8.96. The van der Waals surface area contributed by atoms with Gasteiger partial charge in [-0.15, -0.1) is 23.2 Å². The van der Waals surface area contributed by atoms with E-state index in [1.165, 1.54) is 0 Å². The zero-order valence-electron chi connectivity index (χ0n) is 4.42. The Labute approximate surface area is 89.7 Å². The lowest BCUT2D eigenvalue weighted by Crippen LogP contribution is -2.27. The first-order valence-corrected chi connectivity index (χ1v) is 4.44. The van der Waals surface area contributed by atoms with E-state index in [0.717, 1.165) is 5.88 Å². The van der Waals surface area contributed by atoms with Gasteiger partial charge in [0.25, 0.3) is 0 Å². The topological polar surface area (TPSA) is 0 Å². The lowest BCUT2D eigenvalue weighted by atomic mass is 10.3. The highest BCUT2D eigenvalue weighted by molar-refractivity contribution is 6.62. The third kappa shape index (κ3) is 3.42. The molecule has 0 aliphatic heterocycles. The standard InChI is InChI=1S/C4H2Cl6/c5-1-4(9,10)2(6)3(7)8/h1-2H. The normalized spacial score (nSPS) is 15.9. The highest BCUT2D eigenvalue weighted by Gasteiger charge is 2.38. The maximum absolute atomic E-state index is 5.53. The Hall–Kier alpha value is 1.74. The monoisotopic (exact) mass is 260 g/mol. The minimum atomic E-state index is -1.43. The van der Waals surface area contributed by atoms with Gasteiger partial charge in [0.2, 0.25) is 0 Å². The Kier molecular flexibility index (Phi) is 5.51. The van der Waals surface area contributed by atoms with E-state index in [2.05, 4.69) is 0 Å². The Morgan fingerprint density at radius 2 is 1.70 bits per heavy atom. The lowest BCUT2D eigenvalue weighted by molar-refractivity contribution is 0.927. The molecule has 1 atom stereocenters. The molecule has 0 aliphatic carbocycles. The predicted octanol–water partition coefficient (Wildman–Crippen LogP) is 4.14. The summed E-state index contributed by atoms with van der Waals surface area (Å²) in [6, 6.07) is 0. The van der Waals surface area contributed by atoms with Crippen LogP contribution in [0.4, 0.5) is 0 Å². The summed E-state index contributed by atoms with van der Waals surface area (Å²) in [6.45, 7) is 0. The van der Waals surface area contributed by atoms with Gasteiger partial charge in [0.1, 0.15) is 5.38 Å².